The zero-order valence-electron chi connectivity index (χ0n) is 19.6. The van der Waals surface area contributed by atoms with Crippen LogP contribution in [0.15, 0.2) is 36.7 Å². The molecule has 0 radical (unpaired) electrons. The summed E-state index contributed by atoms with van der Waals surface area (Å²) in [6.07, 6.45) is 7.40. The van der Waals surface area contributed by atoms with Gasteiger partial charge in [0.15, 0.2) is 0 Å². The zero-order chi connectivity index (χ0) is 23.4. The lowest BCUT2D eigenvalue weighted by Crippen LogP contribution is -2.33. The van der Waals surface area contributed by atoms with E-state index in [0.717, 1.165) is 78.7 Å². The van der Waals surface area contributed by atoms with Crippen LogP contribution in [0.2, 0.25) is 0 Å². The van der Waals surface area contributed by atoms with Gasteiger partial charge in [-0.05, 0) is 69.0 Å². The number of nitrogens with zero attached hydrogens (tertiary/aromatic N) is 4. The summed E-state index contributed by atoms with van der Waals surface area (Å²) in [5, 5.41) is 18.2. The van der Waals surface area contributed by atoms with Crippen molar-refractivity contribution in [3.05, 3.63) is 47.2 Å². The molecule has 8 nitrogen and oxygen atoms in total. The van der Waals surface area contributed by atoms with Crippen molar-refractivity contribution in [1.29, 1.82) is 0 Å². The van der Waals surface area contributed by atoms with Gasteiger partial charge in [-0.2, -0.15) is 4.98 Å². The molecule has 2 aliphatic rings. The van der Waals surface area contributed by atoms with E-state index < -0.39 is 5.60 Å². The molecule has 34 heavy (non-hydrogen) atoms. The molecule has 5 rings (SSSR count). The van der Waals surface area contributed by atoms with Crippen molar-refractivity contribution in [2.75, 3.05) is 44.6 Å². The molecular formula is C25H32N6O2S. The molecule has 2 fully saturated rings. The number of ether oxygens (including phenoxy) is 1. The molecule has 9 heteroatoms. The van der Waals surface area contributed by atoms with Crippen molar-refractivity contribution in [1.82, 2.24) is 25.2 Å². The van der Waals surface area contributed by atoms with E-state index in [4.69, 9.17) is 4.74 Å². The topological polar surface area (TPSA) is 95.4 Å². The number of rotatable bonds is 8. The third-order valence-electron chi connectivity index (χ3n) is 6.42. The number of hydrogen-bond acceptors (Lipinski definition) is 9. The fraction of sp³-hybridized carbons (Fsp3) is 0.480. The van der Waals surface area contributed by atoms with Gasteiger partial charge in [-0.3, -0.25) is 4.90 Å². The van der Waals surface area contributed by atoms with Crippen molar-refractivity contribution in [2.45, 2.75) is 38.2 Å². The second kappa shape index (κ2) is 10.4. The Balaban J connectivity index is 1.23. The average Bonchev–Trinajstić information content (AvgIpc) is 3.16. The SMILES string of the molecule is Cc1cc(Nc2nccc(OCCN3CCCNCC3)n2)cc(-c2cnc(C3(O)CCC3)s2)c1. The molecule has 3 N–H and O–H groups in total. The van der Waals surface area contributed by atoms with E-state index in [2.05, 4.69) is 55.6 Å². The minimum atomic E-state index is -0.730. The van der Waals surface area contributed by atoms with Crippen LogP contribution in [0.1, 0.15) is 36.3 Å². The van der Waals surface area contributed by atoms with Crippen LogP contribution in [0.25, 0.3) is 10.4 Å². The lowest BCUT2D eigenvalue weighted by atomic mass is 9.81. The maximum atomic E-state index is 10.6. The van der Waals surface area contributed by atoms with E-state index in [1.807, 2.05) is 6.20 Å². The zero-order valence-corrected chi connectivity index (χ0v) is 20.4. The van der Waals surface area contributed by atoms with E-state index in [9.17, 15) is 5.11 Å². The largest absolute Gasteiger partial charge is 0.476 e. The van der Waals surface area contributed by atoms with Crippen molar-refractivity contribution in [3.8, 4) is 16.3 Å². The number of aromatic nitrogens is 3. The molecule has 0 bridgehead atoms. The summed E-state index contributed by atoms with van der Waals surface area (Å²) in [6.45, 7) is 7.83. The van der Waals surface area contributed by atoms with E-state index in [-0.39, 0.29) is 0 Å². The van der Waals surface area contributed by atoms with Crippen LogP contribution in [0.3, 0.4) is 0 Å². The lowest BCUT2D eigenvalue weighted by Gasteiger charge is -2.34. The number of thiazole rings is 1. The number of anilines is 2. The van der Waals surface area contributed by atoms with Crippen LogP contribution < -0.4 is 15.4 Å². The first-order valence-corrected chi connectivity index (χ1v) is 12.9. The van der Waals surface area contributed by atoms with E-state index in [1.54, 1.807) is 23.6 Å². The monoisotopic (exact) mass is 480 g/mol. The highest BCUT2D eigenvalue weighted by molar-refractivity contribution is 7.15. The van der Waals surface area contributed by atoms with Crippen LogP contribution in [0, 0.1) is 6.92 Å². The Morgan fingerprint density at radius 1 is 1.18 bits per heavy atom. The first-order valence-electron chi connectivity index (χ1n) is 12.0. The average molecular weight is 481 g/mol. The number of nitrogens with one attached hydrogen (secondary N) is 2. The van der Waals surface area contributed by atoms with Crippen molar-refractivity contribution in [2.24, 2.45) is 0 Å². The number of hydrogen-bond donors (Lipinski definition) is 3. The standard InChI is InChI=1S/C25H32N6O2S/c1-18-14-19(21-17-28-23(34-21)25(32)5-2-6-25)16-20(15-18)29-24-27-8-4-22(30-24)33-13-12-31-10-3-7-26-9-11-31/h4,8,14-17,26,32H,2-3,5-7,9-13H2,1H3,(H,27,29,30). The van der Waals surface area contributed by atoms with Crippen LogP contribution in [0.4, 0.5) is 11.6 Å². The summed E-state index contributed by atoms with van der Waals surface area (Å²) >= 11 is 1.57. The van der Waals surface area contributed by atoms with Crippen molar-refractivity contribution in [3.63, 3.8) is 0 Å². The Kier molecular flexibility index (Phi) is 7.05. The Morgan fingerprint density at radius 2 is 2.09 bits per heavy atom. The molecular weight excluding hydrogens is 448 g/mol. The molecule has 3 aromatic rings. The molecule has 0 amide bonds. The second-order valence-electron chi connectivity index (χ2n) is 9.14. The first kappa shape index (κ1) is 23.2. The normalized spacial score (nSPS) is 18.2. The smallest absolute Gasteiger partial charge is 0.230 e. The quantitative estimate of drug-likeness (QED) is 0.449. The molecule has 0 spiro atoms. The maximum Gasteiger partial charge on any atom is 0.230 e. The number of aryl methyl sites for hydroxylation is 1. The highest BCUT2D eigenvalue weighted by Crippen LogP contribution is 2.44. The van der Waals surface area contributed by atoms with E-state index >= 15 is 0 Å². The summed E-state index contributed by atoms with van der Waals surface area (Å²) < 4.78 is 5.91. The van der Waals surface area contributed by atoms with Gasteiger partial charge >= 0.3 is 0 Å². The molecule has 2 aromatic heterocycles. The molecule has 0 unspecified atom stereocenters. The molecule has 3 heterocycles. The lowest BCUT2D eigenvalue weighted by molar-refractivity contribution is -0.0389. The third-order valence-corrected chi connectivity index (χ3v) is 7.66. The van der Waals surface area contributed by atoms with Crippen molar-refractivity contribution < 1.29 is 9.84 Å². The predicted octanol–water partition coefficient (Wildman–Crippen LogP) is 3.70. The van der Waals surface area contributed by atoms with Crippen LogP contribution in [0.5, 0.6) is 5.88 Å². The van der Waals surface area contributed by atoms with Gasteiger partial charge in [-0.25, -0.2) is 9.97 Å². The van der Waals surface area contributed by atoms with Crippen LogP contribution in [-0.2, 0) is 5.60 Å². The van der Waals surface area contributed by atoms with Gasteiger partial charge in [0, 0.05) is 43.8 Å². The van der Waals surface area contributed by atoms with E-state index in [0.29, 0.717) is 18.4 Å². The number of benzene rings is 1. The fourth-order valence-electron chi connectivity index (χ4n) is 4.36. The maximum absolute atomic E-state index is 10.6. The molecule has 1 saturated carbocycles. The van der Waals surface area contributed by atoms with Gasteiger partial charge in [0.1, 0.15) is 17.2 Å². The molecule has 1 saturated heterocycles. The summed E-state index contributed by atoms with van der Waals surface area (Å²) in [6, 6.07) is 8.06. The summed E-state index contributed by atoms with van der Waals surface area (Å²) in [4.78, 5) is 16.9. The molecule has 0 atom stereocenters. The third kappa shape index (κ3) is 5.55. The summed E-state index contributed by atoms with van der Waals surface area (Å²) in [7, 11) is 0. The van der Waals surface area contributed by atoms with Crippen molar-refractivity contribution >= 4 is 23.0 Å². The predicted molar refractivity (Wildman–Crippen MR) is 135 cm³/mol. The van der Waals surface area contributed by atoms with E-state index in [1.165, 1.54) is 6.42 Å². The molecule has 1 aromatic carbocycles. The summed E-state index contributed by atoms with van der Waals surface area (Å²) in [5.74, 6) is 1.07. The van der Waals surface area contributed by atoms with Gasteiger partial charge in [-0.1, -0.05) is 6.07 Å². The van der Waals surface area contributed by atoms with Crippen LogP contribution in [-0.4, -0.2) is 64.3 Å². The minimum Gasteiger partial charge on any atom is -0.476 e. The van der Waals surface area contributed by atoms with Gasteiger partial charge in [-0.15, -0.1) is 11.3 Å². The number of aliphatic hydroxyl groups is 1. The Morgan fingerprint density at radius 3 is 2.94 bits per heavy atom. The Bertz CT molecular complexity index is 1110. The highest BCUT2D eigenvalue weighted by Gasteiger charge is 2.39. The molecule has 1 aliphatic carbocycles. The minimum absolute atomic E-state index is 0.502. The second-order valence-corrected chi connectivity index (χ2v) is 10.2. The molecule has 180 valence electrons. The summed E-state index contributed by atoms with van der Waals surface area (Å²) in [5.41, 5.74) is 2.36. The van der Waals surface area contributed by atoms with Gasteiger partial charge in [0.2, 0.25) is 11.8 Å². The first-order chi connectivity index (χ1) is 16.6. The van der Waals surface area contributed by atoms with Gasteiger partial charge in [0.25, 0.3) is 0 Å². The van der Waals surface area contributed by atoms with Gasteiger partial charge < -0.3 is 20.5 Å². The highest BCUT2D eigenvalue weighted by atomic mass is 32.1. The Hall–Kier alpha value is -2.59. The van der Waals surface area contributed by atoms with Crippen LogP contribution >= 0.6 is 11.3 Å². The van der Waals surface area contributed by atoms with Gasteiger partial charge in [0.05, 0.1) is 4.88 Å². The Labute approximate surface area is 204 Å². The molecule has 1 aliphatic heterocycles. The fourth-order valence-corrected chi connectivity index (χ4v) is 5.41.